The molecule has 0 saturated carbocycles. The quantitative estimate of drug-likeness (QED) is 0.208. The second-order valence-corrected chi connectivity index (χ2v) is 12.5. The third-order valence-electron chi connectivity index (χ3n) is 5.28. The fraction of sp³-hybridized carbons (Fsp3) is 0.455. The SMILES string of the molecule is CC(C)OC(=O)[C@H](C)N[P@@](=S)(OC[C@@H]1C[C@](F)(Cl)[C@H](n2cnc3c(N)ncnc32)O1)Oc1ccccc1. The molecule has 0 amide bonds. The molecular formula is C22H27ClFN6O5PS. The number of rotatable bonds is 10. The van der Waals surface area contributed by atoms with Gasteiger partial charge < -0.3 is 24.3 Å². The van der Waals surface area contributed by atoms with Crippen molar-refractivity contribution in [1.29, 1.82) is 0 Å². The molecule has 37 heavy (non-hydrogen) atoms. The summed E-state index contributed by atoms with van der Waals surface area (Å²) in [6, 6.07) is 7.94. The highest BCUT2D eigenvalue weighted by molar-refractivity contribution is 8.09. The van der Waals surface area contributed by atoms with Crippen LogP contribution in [-0.2, 0) is 30.6 Å². The van der Waals surface area contributed by atoms with Gasteiger partial charge in [-0.05, 0) is 44.7 Å². The third-order valence-corrected chi connectivity index (χ3v) is 8.12. The Kier molecular flexibility index (Phi) is 8.32. The number of hydrogen-bond donors (Lipinski definition) is 2. The molecule has 5 atom stereocenters. The number of benzene rings is 1. The number of para-hydroxylation sites is 1. The van der Waals surface area contributed by atoms with Crippen molar-refractivity contribution < 1.29 is 27.7 Å². The second-order valence-electron chi connectivity index (χ2n) is 8.69. The summed E-state index contributed by atoms with van der Waals surface area (Å²) in [5.41, 5.74) is 6.41. The molecule has 0 aliphatic carbocycles. The van der Waals surface area contributed by atoms with E-state index in [0.29, 0.717) is 11.3 Å². The maximum Gasteiger partial charge on any atom is 0.323 e. The summed E-state index contributed by atoms with van der Waals surface area (Å²) in [6.45, 7) is 1.57. The predicted molar refractivity (Wildman–Crippen MR) is 139 cm³/mol. The molecule has 1 aliphatic rings. The molecule has 4 rings (SSSR count). The first-order valence-corrected chi connectivity index (χ1v) is 14.4. The van der Waals surface area contributed by atoms with E-state index in [-0.39, 0.29) is 30.6 Å². The number of alkyl halides is 2. The largest absolute Gasteiger partial charge is 0.462 e. The molecule has 1 fully saturated rings. The van der Waals surface area contributed by atoms with Crippen LogP contribution in [0.3, 0.4) is 0 Å². The Hall–Kier alpha value is -2.41. The number of aromatic nitrogens is 4. The lowest BCUT2D eigenvalue weighted by Crippen LogP contribution is -2.36. The highest BCUT2D eigenvalue weighted by Crippen LogP contribution is 2.49. The molecule has 15 heteroatoms. The Morgan fingerprint density at radius 3 is 2.78 bits per heavy atom. The number of halogens is 2. The number of nitrogen functional groups attached to an aromatic ring is 1. The lowest BCUT2D eigenvalue weighted by molar-refractivity contribution is -0.149. The number of carbonyl (C=O) groups excluding carboxylic acids is 1. The monoisotopic (exact) mass is 572 g/mol. The van der Waals surface area contributed by atoms with Crippen LogP contribution in [0.25, 0.3) is 11.2 Å². The molecule has 11 nitrogen and oxygen atoms in total. The van der Waals surface area contributed by atoms with Gasteiger partial charge in [0.25, 0.3) is 0 Å². The number of hydrogen-bond acceptors (Lipinski definition) is 10. The first-order chi connectivity index (χ1) is 17.5. The van der Waals surface area contributed by atoms with E-state index in [2.05, 4.69) is 20.0 Å². The van der Waals surface area contributed by atoms with Gasteiger partial charge in [0, 0.05) is 6.42 Å². The number of carbonyl (C=O) groups is 1. The zero-order chi connectivity index (χ0) is 26.8. The molecule has 200 valence electrons. The van der Waals surface area contributed by atoms with E-state index in [1.54, 1.807) is 45.0 Å². The van der Waals surface area contributed by atoms with Crippen molar-refractivity contribution in [3.63, 3.8) is 0 Å². The zero-order valence-electron chi connectivity index (χ0n) is 20.3. The van der Waals surface area contributed by atoms with E-state index in [4.69, 9.17) is 47.7 Å². The maximum absolute atomic E-state index is 15.5. The molecule has 3 heterocycles. The van der Waals surface area contributed by atoms with Crippen LogP contribution >= 0.6 is 18.2 Å². The summed E-state index contributed by atoms with van der Waals surface area (Å²) in [5, 5.41) is 0.640. The smallest absolute Gasteiger partial charge is 0.323 e. The fourth-order valence-electron chi connectivity index (χ4n) is 3.66. The van der Waals surface area contributed by atoms with Gasteiger partial charge in [-0.15, -0.1) is 0 Å². The van der Waals surface area contributed by atoms with Crippen molar-refractivity contribution in [1.82, 2.24) is 24.6 Å². The van der Waals surface area contributed by atoms with Crippen LogP contribution in [0.4, 0.5) is 10.2 Å². The highest BCUT2D eigenvalue weighted by atomic mass is 35.5. The van der Waals surface area contributed by atoms with Crippen LogP contribution in [0, 0.1) is 0 Å². The number of nitrogens with two attached hydrogens (primary N) is 1. The van der Waals surface area contributed by atoms with E-state index in [0.717, 1.165) is 0 Å². The van der Waals surface area contributed by atoms with E-state index >= 15 is 4.39 Å². The molecule has 1 saturated heterocycles. The number of nitrogens with one attached hydrogen (secondary N) is 1. The van der Waals surface area contributed by atoms with Crippen molar-refractivity contribution in [3.8, 4) is 5.75 Å². The van der Waals surface area contributed by atoms with Crippen LogP contribution in [-0.4, -0.2) is 55.5 Å². The molecule has 0 radical (unpaired) electrons. The molecule has 3 aromatic rings. The first-order valence-electron chi connectivity index (χ1n) is 11.4. The lowest BCUT2D eigenvalue weighted by Gasteiger charge is -2.27. The van der Waals surface area contributed by atoms with Gasteiger partial charge in [-0.2, -0.15) is 0 Å². The van der Waals surface area contributed by atoms with Crippen LogP contribution < -0.4 is 15.3 Å². The van der Waals surface area contributed by atoms with Crippen molar-refractivity contribution >= 4 is 53.0 Å². The summed E-state index contributed by atoms with van der Waals surface area (Å²) >= 11 is 11.9. The Balaban J connectivity index is 1.50. The van der Waals surface area contributed by atoms with Crippen LogP contribution in [0.1, 0.15) is 33.4 Å². The van der Waals surface area contributed by atoms with Gasteiger partial charge in [-0.3, -0.25) is 9.36 Å². The van der Waals surface area contributed by atoms with Gasteiger partial charge in [-0.1, -0.05) is 29.8 Å². The predicted octanol–water partition coefficient (Wildman–Crippen LogP) is 3.85. The topological polar surface area (TPSA) is 136 Å². The Morgan fingerprint density at radius 1 is 1.35 bits per heavy atom. The Morgan fingerprint density at radius 2 is 2.08 bits per heavy atom. The van der Waals surface area contributed by atoms with Crippen molar-refractivity contribution in [2.24, 2.45) is 0 Å². The fourth-order valence-corrected chi connectivity index (χ4v) is 6.42. The number of ether oxygens (including phenoxy) is 2. The van der Waals surface area contributed by atoms with Crippen LogP contribution in [0.5, 0.6) is 5.75 Å². The van der Waals surface area contributed by atoms with E-state index in [1.807, 2.05) is 6.07 Å². The van der Waals surface area contributed by atoms with Crippen molar-refractivity contribution in [2.45, 2.75) is 56.8 Å². The van der Waals surface area contributed by atoms with Gasteiger partial charge in [0.1, 0.15) is 23.6 Å². The average molecular weight is 573 g/mol. The summed E-state index contributed by atoms with van der Waals surface area (Å²) < 4.78 is 39.9. The lowest BCUT2D eigenvalue weighted by atomic mass is 10.2. The molecule has 0 spiro atoms. The highest BCUT2D eigenvalue weighted by Gasteiger charge is 2.50. The zero-order valence-corrected chi connectivity index (χ0v) is 22.8. The van der Waals surface area contributed by atoms with Crippen molar-refractivity contribution in [3.05, 3.63) is 43.0 Å². The molecule has 1 aromatic carbocycles. The minimum absolute atomic E-state index is 0.149. The number of nitrogens with zero attached hydrogens (tertiary/aromatic N) is 4. The van der Waals surface area contributed by atoms with Gasteiger partial charge in [0.05, 0.1) is 25.1 Å². The normalized spacial score (nSPS) is 24.2. The maximum atomic E-state index is 15.5. The van der Waals surface area contributed by atoms with E-state index in [9.17, 15) is 4.79 Å². The summed E-state index contributed by atoms with van der Waals surface area (Å²) in [5.74, 6) is 0.0707. The summed E-state index contributed by atoms with van der Waals surface area (Å²) in [7, 11) is 0. The number of fused-ring (bicyclic) bond motifs is 1. The third kappa shape index (κ3) is 6.54. The molecule has 0 bridgehead atoms. The summed E-state index contributed by atoms with van der Waals surface area (Å²) in [4.78, 5) is 24.5. The Labute approximate surface area is 223 Å². The number of anilines is 1. The second kappa shape index (κ2) is 11.1. The minimum atomic E-state index is -3.33. The van der Waals surface area contributed by atoms with Crippen molar-refractivity contribution in [2.75, 3.05) is 12.3 Å². The van der Waals surface area contributed by atoms with Crippen LogP contribution in [0.2, 0.25) is 0 Å². The minimum Gasteiger partial charge on any atom is -0.462 e. The molecule has 2 aromatic heterocycles. The van der Waals surface area contributed by atoms with Gasteiger partial charge in [0.15, 0.2) is 17.7 Å². The first kappa shape index (κ1) is 27.6. The number of esters is 1. The Bertz CT molecular complexity index is 1300. The average Bonchev–Trinajstić information content (AvgIpc) is 3.38. The van der Waals surface area contributed by atoms with E-state index < -0.39 is 36.1 Å². The molecular weight excluding hydrogens is 546 g/mol. The standard InChI is InChI=1S/C22H27ClFN6O5PS/c1-13(2)33-20(31)14(3)29-36(37,35-15-7-5-4-6-8-15)32-10-16-9-22(23,24)21(34-16)30-12-28-17-18(25)26-11-27-19(17)30/h4-8,11-14,16,21H,9-10H2,1-3H3,(H,29,37)(H2,25,26,27)/t14-,16-,21+,22+,36+/m0/s1. The molecule has 1 aliphatic heterocycles. The van der Waals surface area contributed by atoms with E-state index in [1.165, 1.54) is 17.2 Å². The molecule has 3 N–H and O–H groups in total. The molecule has 0 unspecified atom stereocenters. The van der Waals surface area contributed by atoms with Crippen LogP contribution in [0.15, 0.2) is 43.0 Å². The number of imidazole rings is 1. The summed E-state index contributed by atoms with van der Waals surface area (Å²) in [6.07, 6.45) is -0.00467. The van der Waals surface area contributed by atoms with Gasteiger partial charge >= 0.3 is 12.6 Å². The van der Waals surface area contributed by atoms with Gasteiger partial charge in [-0.25, -0.2) is 24.4 Å². The van der Waals surface area contributed by atoms with Gasteiger partial charge in [0.2, 0.25) is 5.13 Å².